The Balaban J connectivity index is 2.37. The van der Waals surface area contributed by atoms with Gasteiger partial charge in [0.25, 0.3) is 0 Å². The van der Waals surface area contributed by atoms with Crippen molar-refractivity contribution in [2.75, 3.05) is 11.9 Å². The molecule has 1 heterocycles. The second-order valence-corrected chi connectivity index (χ2v) is 5.63. The van der Waals surface area contributed by atoms with Crippen LogP contribution in [0.4, 0.5) is 5.82 Å². The number of nitrogens with zero attached hydrogens (tertiary/aromatic N) is 1. The molecule has 3 N–H and O–H groups in total. The van der Waals surface area contributed by atoms with Gasteiger partial charge in [0.2, 0.25) is 0 Å². The summed E-state index contributed by atoms with van der Waals surface area (Å²) in [6, 6.07) is 4.20. The lowest BCUT2D eigenvalue weighted by Crippen LogP contribution is -2.33. The smallest absolute Gasteiger partial charge is 0.125 e. The van der Waals surface area contributed by atoms with Crippen LogP contribution in [0.3, 0.4) is 0 Å². The van der Waals surface area contributed by atoms with Crippen LogP contribution in [0.25, 0.3) is 0 Å². The number of hydrogen-bond donors (Lipinski definition) is 2. The van der Waals surface area contributed by atoms with Crippen molar-refractivity contribution in [1.82, 2.24) is 4.98 Å². The molecule has 90 valence electrons. The molecular formula is C13H23N3. The standard InChI is InChI=1S/C13H23N3/c1-10-5-6-12(15-8-10)16-9-11(14)7-13(2,3)4/h5-6,8,11H,7,9,14H2,1-4H3,(H,15,16). The number of pyridine rings is 1. The molecule has 3 nitrogen and oxygen atoms in total. The van der Waals surface area contributed by atoms with Gasteiger partial charge in [0.15, 0.2) is 0 Å². The van der Waals surface area contributed by atoms with Crippen LogP contribution in [-0.2, 0) is 0 Å². The molecule has 0 aliphatic carbocycles. The van der Waals surface area contributed by atoms with Gasteiger partial charge in [0.05, 0.1) is 0 Å². The van der Waals surface area contributed by atoms with Crippen LogP contribution < -0.4 is 11.1 Å². The molecule has 1 rings (SSSR count). The van der Waals surface area contributed by atoms with Gasteiger partial charge in [-0.25, -0.2) is 4.98 Å². The molecule has 0 radical (unpaired) electrons. The summed E-state index contributed by atoms with van der Waals surface area (Å²) in [4.78, 5) is 4.28. The molecule has 16 heavy (non-hydrogen) atoms. The van der Waals surface area contributed by atoms with Crippen LogP contribution in [0.1, 0.15) is 32.8 Å². The molecule has 0 aliphatic rings. The summed E-state index contributed by atoms with van der Waals surface area (Å²) in [7, 11) is 0. The van der Waals surface area contributed by atoms with Gasteiger partial charge in [-0.1, -0.05) is 26.8 Å². The highest BCUT2D eigenvalue weighted by molar-refractivity contribution is 5.35. The Kier molecular flexibility index (Phi) is 4.30. The minimum absolute atomic E-state index is 0.170. The lowest BCUT2D eigenvalue weighted by Gasteiger charge is -2.23. The third kappa shape index (κ3) is 5.12. The highest BCUT2D eigenvalue weighted by Gasteiger charge is 2.15. The normalized spacial score (nSPS) is 13.6. The van der Waals surface area contributed by atoms with Crippen molar-refractivity contribution in [2.45, 2.75) is 40.2 Å². The molecule has 1 aromatic rings. The number of anilines is 1. The highest BCUT2D eigenvalue weighted by atomic mass is 15.0. The van der Waals surface area contributed by atoms with Gasteiger partial charge in [-0.3, -0.25) is 0 Å². The molecule has 0 amide bonds. The van der Waals surface area contributed by atoms with Gasteiger partial charge in [-0.2, -0.15) is 0 Å². The molecule has 1 atom stereocenters. The van der Waals surface area contributed by atoms with Crippen molar-refractivity contribution < 1.29 is 0 Å². The molecule has 0 fully saturated rings. The van der Waals surface area contributed by atoms with Gasteiger partial charge in [-0.15, -0.1) is 0 Å². The first-order valence-electron chi connectivity index (χ1n) is 5.79. The van der Waals surface area contributed by atoms with Crippen molar-refractivity contribution >= 4 is 5.82 Å². The van der Waals surface area contributed by atoms with Gasteiger partial charge in [0, 0.05) is 18.8 Å². The summed E-state index contributed by atoms with van der Waals surface area (Å²) >= 11 is 0. The fourth-order valence-electron chi connectivity index (χ4n) is 1.67. The lowest BCUT2D eigenvalue weighted by molar-refractivity contribution is 0.344. The quantitative estimate of drug-likeness (QED) is 0.821. The van der Waals surface area contributed by atoms with Gasteiger partial charge in [-0.05, 0) is 30.4 Å². The maximum absolute atomic E-state index is 6.05. The average Bonchev–Trinajstić information content (AvgIpc) is 2.14. The minimum atomic E-state index is 0.170. The summed E-state index contributed by atoms with van der Waals surface area (Å²) < 4.78 is 0. The topological polar surface area (TPSA) is 50.9 Å². The third-order valence-electron chi connectivity index (χ3n) is 2.33. The van der Waals surface area contributed by atoms with E-state index in [2.05, 4.69) is 31.1 Å². The fourth-order valence-corrected chi connectivity index (χ4v) is 1.67. The largest absolute Gasteiger partial charge is 0.369 e. The van der Waals surface area contributed by atoms with E-state index >= 15 is 0 Å². The molecular weight excluding hydrogens is 198 g/mol. The third-order valence-corrected chi connectivity index (χ3v) is 2.33. The van der Waals surface area contributed by atoms with Crippen molar-refractivity contribution in [3.05, 3.63) is 23.9 Å². The van der Waals surface area contributed by atoms with E-state index in [0.717, 1.165) is 18.8 Å². The average molecular weight is 221 g/mol. The number of hydrogen-bond acceptors (Lipinski definition) is 3. The predicted octanol–water partition coefficient (Wildman–Crippen LogP) is 2.57. The summed E-state index contributed by atoms with van der Waals surface area (Å²) in [6.45, 7) is 9.42. The number of aryl methyl sites for hydroxylation is 1. The molecule has 0 spiro atoms. The zero-order valence-corrected chi connectivity index (χ0v) is 10.7. The molecule has 0 saturated heterocycles. The van der Waals surface area contributed by atoms with E-state index in [1.165, 1.54) is 5.56 Å². The number of nitrogens with two attached hydrogens (primary N) is 1. The lowest BCUT2D eigenvalue weighted by atomic mass is 9.88. The minimum Gasteiger partial charge on any atom is -0.369 e. The van der Waals surface area contributed by atoms with E-state index in [-0.39, 0.29) is 11.5 Å². The summed E-state index contributed by atoms with van der Waals surface area (Å²) in [5.41, 5.74) is 7.50. The summed E-state index contributed by atoms with van der Waals surface area (Å²) in [6.07, 6.45) is 2.86. The van der Waals surface area contributed by atoms with E-state index in [1.807, 2.05) is 25.3 Å². The Bertz CT molecular complexity index is 311. The zero-order valence-electron chi connectivity index (χ0n) is 10.7. The van der Waals surface area contributed by atoms with Crippen LogP contribution in [0.5, 0.6) is 0 Å². The SMILES string of the molecule is Cc1ccc(NCC(N)CC(C)(C)C)nc1. The Hall–Kier alpha value is -1.09. The zero-order chi connectivity index (χ0) is 12.2. The first-order valence-corrected chi connectivity index (χ1v) is 5.79. The Morgan fingerprint density at radius 2 is 2.06 bits per heavy atom. The number of rotatable bonds is 4. The van der Waals surface area contributed by atoms with Gasteiger partial charge in [0.1, 0.15) is 5.82 Å². The summed E-state index contributed by atoms with van der Waals surface area (Å²) in [5, 5.41) is 3.26. The molecule has 0 aromatic carbocycles. The van der Waals surface area contributed by atoms with E-state index in [4.69, 9.17) is 5.73 Å². The van der Waals surface area contributed by atoms with E-state index in [9.17, 15) is 0 Å². The second kappa shape index (κ2) is 5.30. The first-order chi connectivity index (χ1) is 7.37. The molecule has 1 aromatic heterocycles. The van der Waals surface area contributed by atoms with Crippen LogP contribution in [0, 0.1) is 12.3 Å². The van der Waals surface area contributed by atoms with Crippen LogP contribution in [0.15, 0.2) is 18.3 Å². The predicted molar refractivity (Wildman–Crippen MR) is 69.5 cm³/mol. The van der Waals surface area contributed by atoms with E-state index in [0.29, 0.717) is 0 Å². The first kappa shape index (κ1) is 13.0. The maximum Gasteiger partial charge on any atom is 0.125 e. The van der Waals surface area contributed by atoms with Crippen molar-refractivity contribution in [3.8, 4) is 0 Å². The van der Waals surface area contributed by atoms with Crippen molar-refractivity contribution in [1.29, 1.82) is 0 Å². The van der Waals surface area contributed by atoms with Gasteiger partial charge < -0.3 is 11.1 Å². The van der Waals surface area contributed by atoms with E-state index in [1.54, 1.807) is 0 Å². The second-order valence-electron chi connectivity index (χ2n) is 5.63. The Morgan fingerprint density at radius 3 is 2.56 bits per heavy atom. The fraction of sp³-hybridized carbons (Fsp3) is 0.615. The van der Waals surface area contributed by atoms with Gasteiger partial charge >= 0.3 is 0 Å². The van der Waals surface area contributed by atoms with E-state index < -0.39 is 0 Å². The monoisotopic (exact) mass is 221 g/mol. The molecule has 1 unspecified atom stereocenters. The molecule has 0 aliphatic heterocycles. The highest BCUT2D eigenvalue weighted by Crippen LogP contribution is 2.19. The van der Waals surface area contributed by atoms with Crippen LogP contribution in [-0.4, -0.2) is 17.6 Å². The molecule has 0 saturated carbocycles. The van der Waals surface area contributed by atoms with Crippen LogP contribution >= 0.6 is 0 Å². The maximum atomic E-state index is 6.05. The molecule has 0 bridgehead atoms. The van der Waals surface area contributed by atoms with Crippen LogP contribution in [0.2, 0.25) is 0 Å². The molecule has 3 heteroatoms. The Labute approximate surface area is 98.5 Å². The summed E-state index contributed by atoms with van der Waals surface area (Å²) in [5.74, 6) is 0.898. The number of aromatic nitrogens is 1. The Morgan fingerprint density at radius 1 is 1.38 bits per heavy atom. The van der Waals surface area contributed by atoms with Crippen molar-refractivity contribution in [2.24, 2.45) is 11.1 Å². The number of nitrogens with one attached hydrogen (secondary N) is 1. The van der Waals surface area contributed by atoms with Crippen molar-refractivity contribution in [3.63, 3.8) is 0 Å².